The molecule has 0 saturated carbocycles. The molecule has 0 aromatic heterocycles. The van der Waals surface area contributed by atoms with Crippen LogP contribution in [0, 0.1) is 11.8 Å². The van der Waals surface area contributed by atoms with Crippen LogP contribution >= 0.6 is 0 Å². The zero-order valence-electron chi connectivity index (χ0n) is 12.7. The molecule has 3 nitrogen and oxygen atoms in total. The summed E-state index contributed by atoms with van der Waals surface area (Å²) in [6.45, 7) is 15.4. The van der Waals surface area contributed by atoms with Crippen molar-refractivity contribution in [2.75, 3.05) is 13.1 Å². The summed E-state index contributed by atoms with van der Waals surface area (Å²) in [5.41, 5.74) is 5.60. The molecule has 0 unspecified atom stereocenters. The van der Waals surface area contributed by atoms with Crippen molar-refractivity contribution in [3.05, 3.63) is 12.7 Å². The number of carbonyl (C=O) groups is 1. The second kappa shape index (κ2) is 7.57. The molecule has 0 fully saturated rings. The van der Waals surface area contributed by atoms with Gasteiger partial charge in [0.2, 0.25) is 5.91 Å². The Morgan fingerprint density at radius 3 is 2.28 bits per heavy atom. The van der Waals surface area contributed by atoms with Crippen LogP contribution in [0.1, 0.15) is 47.5 Å². The van der Waals surface area contributed by atoms with Crippen LogP contribution in [-0.4, -0.2) is 29.4 Å². The van der Waals surface area contributed by atoms with Gasteiger partial charge in [-0.2, -0.15) is 0 Å². The molecule has 1 amide bonds. The molecule has 0 saturated heterocycles. The Bertz CT molecular complexity index is 266. The highest BCUT2D eigenvalue weighted by Gasteiger charge is 2.26. The zero-order valence-corrected chi connectivity index (χ0v) is 12.7. The summed E-state index contributed by atoms with van der Waals surface area (Å²) in [4.78, 5) is 14.2. The lowest BCUT2D eigenvalue weighted by atomic mass is 9.93. The minimum Gasteiger partial charge on any atom is -0.334 e. The van der Waals surface area contributed by atoms with Crippen molar-refractivity contribution in [1.82, 2.24) is 4.90 Å². The molecule has 18 heavy (non-hydrogen) atoms. The average molecular weight is 254 g/mol. The molecular formula is C15H30N2O. The molecule has 0 aromatic rings. The van der Waals surface area contributed by atoms with Gasteiger partial charge in [0.25, 0.3) is 0 Å². The topological polar surface area (TPSA) is 46.3 Å². The lowest BCUT2D eigenvalue weighted by Crippen LogP contribution is -2.46. The van der Waals surface area contributed by atoms with E-state index in [1.165, 1.54) is 0 Å². The third-order valence-corrected chi connectivity index (χ3v) is 3.02. The van der Waals surface area contributed by atoms with E-state index in [2.05, 4.69) is 20.4 Å². The van der Waals surface area contributed by atoms with Gasteiger partial charge in [0.1, 0.15) is 0 Å². The van der Waals surface area contributed by atoms with Crippen molar-refractivity contribution >= 4 is 5.91 Å². The van der Waals surface area contributed by atoms with Crippen LogP contribution < -0.4 is 5.73 Å². The summed E-state index contributed by atoms with van der Waals surface area (Å²) in [6, 6.07) is 0. The van der Waals surface area contributed by atoms with Crippen molar-refractivity contribution in [2.24, 2.45) is 17.6 Å². The maximum atomic E-state index is 12.4. The summed E-state index contributed by atoms with van der Waals surface area (Å²) in [7, 11) is 0. The molecule has 1 atom stereocenters. The first-order chi connectivity index (χ1) is 8.22. The average Bonchev–Trinajstić information content (AvgIpc) is 2.22. The van der Waals surface area contributed by atoms with Gasteiger partial charge in [0.05, 0.1) is 0 Å². The van der Waals surface area contributed by atoms with Gasteiger partial charge < -0.3 is 10.6 Å². The van der Waals surface area contributed by atoms with Crippen molar-refractivity contribution < 1.29 is 4.79 Å². The number of carbonyl (C=O) groups excluding carboxylic acids is 1. The third kappa shape index (κ3) is 6.20. The minimum absolute atomic E-state index is 0.164. The molecule has 0 heterocycles. The molecule has 0 aromatic carbocycles. The van der Waals surface area contributed by atoms with Gasteiger partial charge in [0.15, 0.2) is 0 Å². The first-order valence-corrected chi connectivity index (χ1v) is 6.83. The number of nitrogens with two attached hydrogens (primary N) is 1. The molecule has 3 heteroatoms. The van der Waals surface area contributed by atoms with Gasteiger partial charge in [-0.3, -0.25) is 4.79 Å². The fourth-order valence-corrected chi connectivity index (χ4v) is 2.17. The fourth-order valence-electron chi connectivity index (χ4n) is 2.17. The maximum Gasteiger partial charge on any atom is 0.223 e. The molecule has 0 aliphatic rings. The van der Waals surface area contributed by atoms with E-state index in [9.17, 15) is 4.79 Å². The molecule has 2 N–H and O–H groups in total. The van der Waals surface area contributed by atoms with Gasteiger partial charge in [-0.1, -0.05) is 19.9 Å². The number of hydrogen-bond acceptors (Lipinski definition) is 2. The predicted octanol–water partition coefficient (Wildman–Crippen LogP) is 2.81. The van der Waals surface area contributed by atoms with Gasteiger partial charge in [0, 0.05) is 18.5 Å². The van der Waals surface area contributed by atoms with E-state index in [1.54, 1.807) is 6.08 Å². The molecule has 0 rings (SSSR count). The van der Waals surface area contributed by atoms with E-state index in [0.717, 1.165) is 6.42 Å². The Kier molecular flexibility index (Phi) is 7.22. The van der Waals surface area contributed by atoms with Crippen molar-refractivity contribution in [2.45, 2.75) is 53.0 Å². The Morgan fingerprint density at radius 2 is 1.94 bits per heavy atom. The van der Waals surface area contributed by atoms with E-state index >= 15 is 0 Å². The lowest BCUT2D eigenvalue weighted by molar-refractivity contribution is -0.136. The summed E-state index contributed by atoms with van der Waals surface area (Å²) in [5, 5.41) is 0. The van der Waals surface area contributed by atoms with Crippen LogP contribution in [0.25, 0.3) is 0 Å². The quantitative estimate of drug-likeness (QED) is 0.710. The maximum absolute atomic E-state index is 12.4. The number of hydrogen-bond donors (Lipinski definition) is 1. The first-order valence-electron chi connectivity index (χ1n) is 6.83. The molecule has 0 spiro atoms. The Labute approximate surface area is 112 Å². The van der Waals surface area contributed by atoms with Crippen LogP contribution in [0.5, 0.6) is 0 Å². The van der Waals surface area contributed by atoms with E-state index < -0.39 is 0 Å². The van der Waals surface area contributed by atoms with Gasteiger partial charge in [-0.25, -0.2) is 0 Å². The summed E-state index contributed by atoms with van der Waals surface area (Å²) in [6.07, 6.45) is 3.33. The monoisotopic (exact) mass is 254 g/mol. The summed E-state index contributed by atoms with van der Waals surface area (Å²) in [5.74, 6) is 1.04. The van der Waals surface area contributed by atoms with E-state index in [1.807, 2.05) is 25.7 Å². The number of nitrogens with zero attached hydrogens (tertiary/aromatic N) is 1. The van der Waals surface area contributed by atoms with Crippen LogP contribution in [-0.2, 0) is 4.79 Å². The highest BCUT2D eigenvalue weighted by molar-refractivity contribution is 5.77. The van der Waals surface area contributed by atoms with E-state index in [-0.39, 0.29) is 17.4 Å². The van der Waals surface area contributed by atoms with Crippen LogP contribution in [0.2, 0.25) is 0 Å². The van der Waals surface area contributed by atoms with Gasteiger partial charge >= 0.3 is 0 Å². The normalized spacial score (nSPS) is 13.5. The standard InChI is InChI=1S/C15H30N2O/c1-7-8-17(15(4,5)6)14(18)10-13(11-16)9-12(2)3/h7,12-13H,1,8-11,16H2,2-6H3/t13-/m0/s1. The summed E-state index contributed by atoms with van der Waals surface area (Å²) >= 11 is 0. The Hall–Kier alpha value is -0.830. The molecule has 0 aliphatic heterocycles. The highest BCUT2D eigenvalue weighted by Crippen LogP contribution is 2.20. The fraction of sp³-hybridized carbons (Fsp3) is 0.800. The molecule has 0 bridgehead atoms. The van der Waals surface area contributed by atoms with Crippen LogP contribution in [0.3, 0.4) is 0 Å². The van der Waals surface area contributed by atoms with E-state index in [0.29, 0.717) is 25.4 Å². The van der Waals surface area contributed by atoms with Crippen LogP contribution in [0.4, 0.5) is 0 Å². The molecular weight excluding hydrogens is 224 g/mol. The largest absolute Gasteiger partial charge is 0.334 e. The molecule has 106 valence electrons. The second-order valence-corrected chi connectivity index (χ2v) is 6.40. The summed E-state index contributed by atoms with van der Waals surface area (Å²) < 4.78 is 0. The number of amides is 1. The van der Waals surface area contributed by atoms with Crippen LogP contribution in [0.15, 0.2) is 12.7 Å². The minimum atomic E-state index is -0.164. The SMILES string of the molecule is C=CCN(C(=O)C[C@@H](CN)CC(C)C)C(C)(C)C. The first kappa shape index (κ1) is 17.2. The molecule has 0 radical (unpaired) electrons. The van der Waals surface area contributed by atoms with E-state index in [4.69, 9.17) is 5.73 Å². The number of rotatable bonds is 7. The van der Waals surface area contributed by atoms with Crippen molar-refractivity contribution in [3.63, 3.8) is 0 Å². The van der Waals surface area contributed by atoms with Crippen molar-refractivity contribution in [1.29, 1.82) is 0 Å². The smallest absolute Gasteiger partial charge is 0.223 e. The predicted molar refractivity (Wildman–Crippen MR) is 78.3 cm³/mol. The zero-order chi connectivity index (χ0) is 14.3. The Balaban J connectivity index is 4.63. The second-order valence-electron chi connectivity index (χ2n) is 6.40. The molecule has 0 aliphatic carbocycles. The van der Waals surface area contributed by atoms with Crippen molar-refractivity contribution in [3.8, 4) is 0 Å². The van der Waals surface area contributed by atoms with Gasteiger partial charge in [-0.05, 0) is 45.6 Å². The van der Waals surface area contributed by atoms with Gasteiger partial charge in [-0.15, -0.1) is 6.58 Å². The lowest BCUT2D eigenvalue weighted by Gasteiger charge is -2.36. The highest BCUT2D eigenvalue weighted by atomic mass is 16.2. The Morgan fingerprint density at radius 1 is 1.39 bits per heavy atom. The third-order valence-electron chi connectivity index (χ3n) is 3.02.